The Morgan fingerprint density at radius 2 is 1.89 bits per heavy atom. The fraction of sp³-hybridized carbons (Fsp3) is 0.857. The number of hydrogen-bond donors (Lipinski definition) is 0. The van der Waals surface area contributed by atoms with Crippen molar-refractivity contribution in [3.63, 3.8) is 0 Å². The SMILES string of the molecule is COC1=N[C@@](C)(CCN(C)C)C(OC)=N[C@@H]1C(C)C. The Labute approximate surface area is 116 Å². The van der Waals surface area contributed by atoms with Crippen LogP contribution in [0.1, 0.15) is 27.2 Å². The molecule has 0 aromatic carbocycles. The molecule has 5 heteroatoms. The molecule has 0 saturated heterocycles. The Morgan fingerprint density at radius 1 is 1.26 bits per heavy atom. The van der Waals surface area contributed by atoms with Crippen LogP contribution in [-0.4, -0.2) is 63.1 Å². The second-order valence-electron chi connectivity index (χ2n) is 5.81. The second kappa shape index (κ2) is 6.37. The number of rotatable bonds is 4. The quantitative estimate of drug-likeness (QED) is 0.782. The van der Waals surface area contributed by atoms with Crippen LogP contribution in [0.2, 0.25) is 0 Å². The summed E-state index contributed by atoms with van der Waals surface area (Å²) >= 11 is 0. The molecular weight excluding hydrogens is 242 g/mol. The fourth-order valence-corrected chi connectivity index (χ4v) is 2.16. The lowest BCUT2D eigenvalue weighted by Crippen LogP contribution is -2.46. The van der Waals surface area contributed by atoms with Gasteiger partial charge in [0.15, 0.2) is 0 Å². The largest absolute Gasteiger partial charge is 0.483 e. The first-order valence-corrected chi connectivity index (χ1v) is 6.74. The van der Waals surface area contributed by atoms with Gasteiger partial charge in [-0.25, -0.2) is 9.98 Å². The normalized spacial score (nSPS) is 27.3. The maximum Gasteiger partial charge on any atom is 0.212 e. The molecular formula is C14H27N3O2. The van der Waals surface area contributed by atoms with Gasteiger partial charge in [0.25, 0.3) is 0 Å². The van der Waals surface area contributed by atoms with Crippen LogP contribution in [0.15, 0.2) is 9.98 Å². The van der Waals surface area contributed by atoms with Crippen LogP contribution in [0.4, 0.5) is 0 Å². The van der Waals surface area contributed by atoms with Gasteiger partial charge in [0.05, 0.1) is 14.2 Å². The number of ether oxygens (including phenoxy) is 2. The van der Waals surface area contributed by atoms with Crippen molar-refractivity contribution >= 4 is 11.8 Å². The summed E-state index contributed by atoms with van der Waals surface area (Å²) < 4.78 is 10.9. The van der Waals surface area contributed by atoms with Gasteiger partial charge in [0.2, 0.25) is 11.8 Å². The lowest BCUT2D eigenvalue weighted by Gasteiger charge is -2.34. The van der Waals surface area contributed by atoms with E-state index in [1.165, 1.54) is 0 Å². The Bertz CT molecular complexity index is 364. The van der Waals surface area contributed by atoms with E-state index < -0.39 is 5.54 Å². The highest BCUT2D eigenvalue weighted by Gasteiger charge is 2.39. The number of aliphatic imine (C=N–C) groups is 2. The van der Waals surface area contributed by atoms with Gasteiger partial charge in [-0.05, 0) is 33.4 Å². The van der Waals surface area contributed by atoms with Crippen LogP contribution >= 0.6 is 0 Å². The van der Waals surface area contributed by atoms with Crippen LogP contribution in [0.5, 0.6) is 0 Å². The zero-order chi connectivity index (χ0) is 14.6. The molecule has 0 aromatic heterocycles. The lowest BCUT2D eigenvalue weighted by molar-refractivity contribution is 0.288. The monoisotopic (exact) mass is 269 g/mol. The molecule has 1 aliphatic heterocycles. The molecule has 0 spiro atoms. The molecule has 1 aliphatic rings. The number of nitrogens with zero attached hydrogens (tertiary/aromatic N) is 3. The maximum absolute atomic E-state index is 5.48. The average molecular weight is 269 g/mol. The summed E-state index contributed by atoms with van der Waals surface area (Å²) in [5.74, 6) is 1.74. The molecule has 0 aromatic rings. The molecule has 5 nitrogen and oxygen atoms in total. The van der Waals surface area contributed by atoms with Crippen molar-refractivity contribution in [2.75, 3.05) is 34.9 Å². The molecule has 0 unspecified atom stereocenters. The molecule has 19 heavy (non-hydrogen) atoms. The summed E-state index contributed by atoms with van der Waals surface area (Å²) in [6.45, 7) is 7.19. The highest BCUT2D eigenvalue weighted by Crippen LogP contribution is 2.27. The van der Waals surface area contributed by atoms with Gasteiger partial charge >= 0.3 is 0 Å². The molecule has 0 bridgehead atoms. The lowest BCUT2D eigenvalue weighted by atomic mass is 9.93. The van der Waals surface area contributed by atoms with E-state index >= 15 is 0 Å². The fourth-order valence-electron chi connectivity index (χ4n) is 2.16. The van der Waals surface area contributed by atoms with Crippen molar-refractivity contribution in [1.82, 2.24) is 4.90 Å². The van der Waals surface area contributed by atoms with E-state index in [4.69, 9.17) is 19.5 Å². The predicted molar refractivity (Wildman–Crippen MR) is 79.1 cm³/mol. The smallest absolute Gasteiger partial charge is 0.212 e. The Hall–Kier alpha value is -1.10. The van der Waals surface area contributed by atoms with Crippen molar-refractivity contribution in [2.24, 2.45) is 15.9 Å². The molecule has 2 atom stereocenters. The number of methoxy groups -OCH3 is 2. The molecule has 1 heterocycles. The van der Waals surface area contributed by atoms with E-state index in [2.05, 4.69) is 25.7 Å². The van der Waals surface area contributed by atoms with Crippen molar-refractivity contribution in [3.05, 3.63) is 0 Å². The standard InChI is InChI=1S/C14H27N3O2/c1-10(2)11-12(18-6)16-14(3,8-9-17(4)5)13(15-11)19-7/h10-11H,8-9H2,1-7H3/t11-,14+/m1/s1. The number of hydrogen-bond acceptors (Lipinski definition) is 5. The summed E-state index contributed by atoms with van der Waals surface area (Å²) in [4.78, 5) is 11.6. The Kier molecular flexibility index (Phi) is 5.35. The molecule has 0 N–H and O–H groups in total. The summed E-state index contributed by atoms with van der Waals surface area (Å²) in [5, 5.41) is 0. The molecule has 110 valence electrons. The first-order chi connectivity index (χ1) is 8.84. The molecule has 0 radical (unpaired) electrons. The van der Waals surface area contributed by atoms with Crippen molar-refractivity contribution < 1.29 is 9.47 Å². The van der Waals surface area contributed by atoms with Crippen molar-refractivity contribution in [2.45, 2.75) is 38.8 Å². The molecule has 0 aliphatic carbocycles. The van der Waals surface area contributed by atoms with Gasteiger partial charge < -0.3 is 14.4 Å². The maximum atomic E-state index is 5.48. The van der Waals surface area contributed by atoms with Crippen LogP contribution < -0.4 is 0 Å². The zero-order valence-corrected chi connectivity index (χ0v) is 13.2. The third kappa shape index (κ3) is 3.69. The van der Waals surface area contributed by atoms with E-state index in [1.807, 2.05) is 14.1 Å². The molecule has 0 saturated carbocycles. The van der Waals surface area contributed by atoms with E-state index in [-0.39, 0.29) is 6.04 Å². The zero-order valence-electron chi connectivity index (χ0n) is 13.2. The second-order valence-corrected chi connectivity index (χ2v) is 5.81. The summed E-state index contributed by atoms with van der Waals surface area (Å²) in [5.41, 5.74) is -0.435. The van der Waals surface area contributed by atoms with Crippen LogP contribution in [0.3, 0.4) is 0 Å². The van der Waals surface area contributed by atoms with E-state index in [9.17, 15) is 0 Å². The minimum atomic E-state index is -0.435. The summed E-state index contributed by atoms with van der Waals surface area (Å²) in [6, 6.07) is -0.0487. The van der Waals surface area contributed by atoms with Gasteiger partial charge in [-0.1, -0.05) is 13.8 Å². The first kappa shape index (κ1) is 16.0. The van der Waals surface area contributed by atoms with Crippen molar-refractivity contribution in [1.29, 1.82) is 0 Å². The molecule has 0 amide bonds. The molecule has 1 rings (SSSR count). The van der Waals surface area contributed by atoms with Crippen LogP contribution in [0, 0.1) is 5.92 Å². The minimum absolute atomic E-state index is 0.0487. The van der Waals surface area contributed by atoms with E-state index in [0.717, 1.165) is 13.0 Å². The highest BCUT2D eigenvalue weighted by molar-refractivity contribution is 5.96. The first-order valence-electron chi connectivity index (χ1n) is 6.74. The Balaban J connectivity index is 3.03. The van der Waals surface area contributed by atoms with E-state index in [0.29, 0.717) is 17.7 Å². The van der Waals surface area contributed by atoms with Gasteiger partial charge in [0.1, 0.15) is 11.6 Å². The minimum Gasteiger partial charge on any atom is -0.483 e. The Morgan fingerprint density at radius 3 is 2.32 bits per heavy atom. The summed E-state index contributed by atoms with van der Waals surface area (Å²) in [6.07, 6.45) is 0.852. The average Bonchev–Trinajstić information content (AvgIpc) is 2.35. The van der Waals surface area contributed by atoms with Gasteiger partial charge in [-0.15, -0.1) is 0 Å². The summed E-state index contributed by atoms with van der Waals surface area (Å²) in [7, 11) is 7.42. The van der Waals surface area contributed by atoms with Crippen molar-refractivity contribution in [3.8, 4) is 0 Å². The van der Waals surface area contributed by atoms with E-state index in [1.54, 1.807) is 14.2 Å². The third-order valence-corrected chi connectivity index (χ3v) is 3.41. The third-order valence-electron chi connectivity index (χ3n) is 3.41. The predicted octanol–water partition coefficient (Wildman–Crippen LogP) is 1.82. The van der Waals surface area contributed by atoms with Crippen LogP contribution in [-0.2, 0) is 9.47 Å². The van der Waals surface area contributed by atoms with Gasteiger partial charge in [-0.3, -0.25) is 0 Å². The topological polar surface area (TPSA) is 46.4 Å². The highest BCUT2D eigenvalue weighted by atomic mass is 16.5. The van der Waals surface area contributed by atoms with Gasteiger partial charge in [-0.2, -0.15) is 0 Å². The van der Waals surface area contributed by atoms with Crippen LogP contribution in [0.25, 0.3) is 0 Å². The van der Waals surface area contributed by atoms with Gasteiger partial charge in [0, 0.05) is 6.54 Å². The molecule has 0 fully saturated rings.